The van der Waals surface area contributed by atoms with Gasteiger partial charge in [-0.15, -0.1) is 0 Å². The maximum atomic E-state index is 5.87. The molecule has 0 saturated carbocycles. The van der Waals surface area contributed by atoms with E-state index in [1.54, 1.807) is 0 Å². The summed E-state index contributed by atoms with van der Waals surface area (Å²) in [5, 5.41) is 0. The molecule has 0 aromatic rings. The molecule has 0 aromatic heterocycles. The second-order valence-electron chi connectivity index (χ2n) is 4.61. The van der Waals surface area contributed by atoms with Gasteiger partial charge in [0.2, 0.25) is 0 Å². The summed E-state index contributed by atoms with van der Waals surface area (Å²) in [4.78, 5) is 4.45. The maximum Gasteiger partial charge on any atom is 0.0454 e. The number of nitrogens with two attached hydrogens (primary N) is 1. The molecule has 2 heteroatoms. The van der Waals surface area contributed by atoms with Crippen LogP contribution in [0.25, 0.3) is 0 Å². The summed E-state index contributed by atoms with van der Waals surface area (Å²) in [6.45, 7) is 10.6. The smallest absolute Gasteiger partial charge is 0.0454 e. The van der Waals surface area contributed by atoms with Crippen molar-refractivity contribution in [3.8, 4) is 0 Å². The SMILES string of the molecule is C/C=C\C(CC)/C(C)=N\C=C(/N)CC(C)C. The molecule has 0 heterocycles. The van der Waals surface area contributed by atoms with E-state index in [2.05, 4.69) is 44.8 Å². The Kier molecular flexibility index (Phi) is 7.61. The fraction of sp³-hybridized carbons (Fsp3) is 0.643. The predicted molar refractivity (Wildman–Crippen MR) is 73.4 cm³/mol. The second-order valence-corrected chi connectivity index (χ2v) is 4.61. The molecule has 0 fully saturated rings. The quantitative estimate of drug-likeness (QED) is 0.537. The van der Waals surface area contributed by atoms with Crippen LogP contribution in [-0.2, 0) is 0 Å². The molecule has 92 valence electrons. The fourth-order valence-electron chi connectivity index (χ4n) is 1.61. The minimum Gasteiger partial charge on any atom is -0.401 e. The largest absolute Gasteiger partial charge is 0.401 e. The first-order valence-corrected chi connectivity index (χ1v) is 6.12. The van der Waals surface area contributed by atoms with E-state index in [9.17, 15) is 0 Å². The third-order valence-electron chi connectivity index (χ3n) is 2.48. The Labute approximate surface area is 100 Å². The fourth-order valence-corrected chi connectivity index (χ4v) is 1.61. The van der Waals surface area contributed by atoms with Crippen LogP contribution in [0.4, 0.5) is 0 Å². The summed E-state index contributed by atoms with van der Waals surface area (Å²) < 4.78 is 0. The molecule has 0 aliphatic carbocycles. The van der Waals surface area contributed by atoms with E-state index in [0.29, 0.717) is 11.8 Å². The average molecular weight is 222 g/mol. The van der Waals surface area contributed by atoms with E-state index in [1.807, 2.05) is 13.1 Å². The van der Waals surface area contributed by atoms with Gasteiger partial charge in [-0.05, 0) is 32.6 Å². The lowest BCUT2D eigenvalue weighted by Gasteiger charge is -2.09. The van der Waals surface area contributed by atoms with Crippen LogP contribution in [0.3, 0.4) is 0 Å². The first kappa shape index (κ1) is 14.9. The summed E-state index contributed by atoms with van der Waals surface area (Å²) in [6.07, 6.45) is 8.07. The standard InChI is InChI=1S/C14H26N2/c1-6-8-13(7-2)12(5)16-10-14(15)9-11(3)4/h6,8,10-11,13H,7,9,15H2,1-5H3/b8-6-,14-10-,16-12-. The first-order chi connectivity index (χ1) is 7.51. The third kappa shape index (κ3) is 6.44. The molecule has 2 N–H and O–H groups in total. The van der Waals surface area contributed by atoms with Gasteiger partial charge in [0, 0.05) is 23.5 Å². The van der Waals surface area contributed by atoms with E-state index >= 15 is 0 Å². The highest BCUT2D eigenvalue weighted by Crippen LogP contribution is 2.09. The number of rotatable bonds is 6. The van der Waals surface area contributed by atoms with Crippen molar-refractivity contribution in [2.24, 2.45) is 22.6 Å². The number of hydrogen-bond donors (Lipinski definition) is 1. The average Bonchev–Trinajstić information content (AvgIpc) is 2.21. The third-order valence-corrected chi connectivity index (χ3v) is 2.48. The lowest BCUT2D eigenvalue weighted by Crippen LogP contribution is -2.07. The van der Waals surface area contributed by atoms with E-state index in [0.717, 1.165) is 24.3 Å². The molecular formula is C14H26N2. The van der Waals surface area contributed by atoms with Crippen LogP contribution in [0.15, 0.2) is 29.0 Å². The number of hydrogen-bond acceptors (Lipinski definition) is 2. The van der Waals surface area contributed by atoms with E-state index in [1.165, 1.54) is 0 Å². The Morgan fingerprint density at radius 3 is 2.44 bits per heavy atom. The molecule has 0 saturated heterocycles. The van der Waals surface area contributed by atoms with Gasteiger partial charge in [-0.2, -0.15) is 0 Å². The topological polar surface area (TPSA) is 38.4 Å². The van der Waals surface area contributed by atoms with E-state index < -0.39 is 0 Å². The summed E-state index contributed by atoms with van der Waals surface area (Å²) in [5.74, 6) is 1.03. The van der Waals surface area contributed by atoms with Crippen LogP contribution >= 0.6 is 0 Å². The Bertz CT molecular complexity index is 272. The molecule has 0 aromatic carbocycles. The van der Waals surface area contributed by atoms with Crippen molar-refractivity contribution in [2.45, 2.75) is 47.5 Å². The second kappa shape index (κ2) is 8.14. The van der Waals surface area contributed by atoms with Crippen LogP contribution in [0.5, 0.6) is 0 Å². The molecule has 1 atom stereocenters. The summed E-state index contributed by atoms with van der Waals surface area (Å²) >= 11 is 0. The van der Waals surface area contributed by atoms with Crippen LogP contribution in [0, 0.1) is 11.8 Å². The molecule has 2 nitrogen and oxygen atoms in total. The van der Waals surface area contributed by atoms with Crippen molar-refractivity contribution in [2.75, 3.05) is 0 Å². The Balaban J connectivity index is 4.51. The highest BCUT2D eigenvalue weighted by Gasteiger charge is 2.04. The van der Waals surface area contributed by atoms with Crippen LogP contribution < -0.4 is 5.73 Å². The molecule has 0 bridgehead atoms. The predicted octanol–water partition coefficient (Wildman–Crippen LogP) is 3.90. The Morgan fingerprint density at radius 2 is 2.00 bits per heavy atom. The number of allylic oxidation sites excluding steroid dienone is 3. The lowest BCUT2D eigenvalue weighted by atomic mass is 10.0. The zero-order valence-electron chi connectivity index (χ0n) is 11.3. The highest BCUT2D eigenvalue weighted by atomic mass is 14.7. The monoisotopic (exact) mass is 222 g/mol. The molecule has 0 aliphatic heterocycles. The number of nitrogens with zero attached hydrogens (tertiary/aromatic N) is 1. The van der Waals surface area contributed by atoms with Crippen LogP contribution in [0.1, 0.15) is 47.5 Å². The van der Waals surface area contributed by atoms with Gasteiger partial charge in [0.15, 0.2) is 0 Å². The summed E-state index contributed by atoms with van der Waals surface area (Å²) in [6, 6.07) is 0. The maximum absolute atomic E-state index is 5.87. The first-order valence-electron chi connectivity index (χ1n) is 6.12. The molecule has 0 radical (unpaired) electrons. The van der Waals surface area contributed by atoms with Gasteiger partial charge >= 0.3 is 0 Å². The molecule has 16 heavy (non-hydrogen) atoms. The van der Waals surface area contributed by atoms with Crippen molar-refractivity contribution in [3.63, 3.8) is 0 Å². The zero-order valence-corrected chi connectivity index (χ0v) is 11.3. The van der Waals surface area contributed by atoms with Crippen LogP contribution in [0.2, 0.25) is 0 Å². The Hall–Kier alpha value is -1.05. The lowest BCUT2D eigenvalue weighted by molar-refractivity contribution is 0.637. The van der Waals surface area contributed by atoms with E-state index in [4.69, 9.17) is 5.73 Å². The van der Waals surface area contributed by atoms with Gasteiger partial charge < -0.3 is 5.73 Å². The molecule has 0 spiro atoms. The zero-order chi connectivity index (χ0) is 12.6. The van der Waals surface area contributed by atoms with Gasteiger partial charge in [0.25, 0.3) is 0 Å². The minimum atomic E-state index is 0.438. The van der Waals surface area contributed by atoms with Crippen molar-refractivity contribution >= 4 is 5.71 Å². The van der Waals surface area contributed by atoms with Gasteiger partial charge in [-0.25, -0.2) is 0 Å². The highest BCUT2D eigenvalue weighted by molar-refractivity contribution is 5.86. The minimum absolute atomic E-state index is 0.438. The van der Waals surface area contributed by atoms with Crippen molar-refractivity contribution in [3.05, 3.63) is 24.0 Å². The molecular weight excluding hydrogens is 196 g/mol. The van der Waals surface area contributed by atoms with Crippen molar-refractivity contribution in [1.29, 1.82) is 0 Å². The Morgan fingerprint density at radius 1 is 1.38 bits per heavy atom. The summed E-state index contributed by atoms with van der Waals surface area (Å²) in [7, 11) is 0. The van der Waals surface area contributed by atoms with Gasteiger partial charge in [-0.1, -0.05) is 32.9 Å². The molecule has 0 aliphatic rings. The number of aliphatic imine (C=N–C) groups is 1. The van der Waals surface area contributed by atoms with Crippen LogP contribution in [-0.4, -0.2) is 5.71 Å². The molecule has 1 unspecified atom stereocenters. The van der Waals surface area contributed by atoms with Gasteiger partial charge in [0.1, 0.15) is 0 Å². The summed E-state index contributed by atoms with van der Waals surface area (Å²) in [5.41, 5.74) is 7.87. The molecule has 0 amide bonds. The molecule has 0 rings (SSSR count). The van der Waals surface area contributed by atoms with Crippen molar-refractivity contribution in [1.82, 2.24) is 0 Å². The van der Waals surface area contributed by atoms with Crippen molar-refractivity contribution < 1.29 is 0 Å². The van der Waals surface area contributed by atoms with Gasteiger partial charge in [0.05, 0.1) is 0 Å². The van der Waals surface area contributed by atoms with E-state index in [-0.39, 0.29) is 0 Å². The normalized spacial score (nSPS) is 16.1. The van der Waals surface area contributed by atoms with Gasteiger partial charge in [-0.3, -0.25) is 4.99 Å².